The van der Waals surface area contributed by atoms with Gasteiger partial charge in [-0.25, -0.2) is 0 Å². The molecule has 18 heavy (non-hydrogen) atoms. The number of aliphatic hydroxyl groups is 1. The summed E-state index contributed by atoms with van der Waals surface area (Å²) in [6, 6.07) is 8.43. The summed E-state index contributed by atoms with van der Waals surface area (Å²) in [6.07, 6.45) is 0. The molecule has 2 rings (SSSR count). The fourth-order valence-corrected chi connectivity index (χ4v) is 2.42. The molecule has 0 bridgehead atoms. The molecule has 1 heterocycles. The van der Waals surface area contributed by atoms with Gasteiger partial charge in [-0.2, -0.15) is 0 Å². The highest BCUT2D eigenvalue weighted by atomic mass is 16.3. The van der Waals surface area contributed by atoms with E-state index in [-0.39, 0.29) is 5.54 Å². The zero-order chi connectivity index (χ0) is 13.6. The molecule has 0 amide bonds. The molecule has 0 aliphatic carbocycles. The van der Waals surface area contributed by atoms with Crippen molar-refractivity contribution >= 4 is 0 Å². The van der Waals surface area contributed by atoms with Gasteiger partial charge in [0.05, 0.1) is 0 Å². The molecule has 1 aliphatic rings. The molecule has 0 radical (unpaired) electrons. The Morgan fingerprint density at radius 1 is 1.11 bits per heavy atom. The lowest BCUT2D eigenvalue weighted by molar-refractivity contribution is -0.137. The molecule has 0 unspecified atom stereocenters. The molecule has 1 aromatic carbocycles. The Labute approximate surface area is 111 Å². The van der Waals surface area contributed by atoms with Crippen LogP contribution in [0.4, 0.5) is 0 Å². The van der Waals surface area contributed by atoms with Gasteiger partial charge in [0.2, 0.25) is 0 Å². The van der Waals surface area contributed by atoms with Gasteiger partial charge in [-0.1, -0.05) is 38.1 Å². The molecule has 100 valence electrons. The average molecular weight is 247 g/mol. The van der Waals surface area contributed by atoms with Crippen molar-refractivity contribution in [3.8, 4) is 0 Å². The minimum atomic E-state index is -0.650. The van der Waals surface area contributed by atoms with Crippen LogP contribution in [0.15, 0.2) is 24.3 Å². The van der Waals surface area contributed by atoms with Crippen LogP contribution in [-0.4, -0.2) is 28.6 Å². The van der Waals surface area contributed by atoms with Crippen LogP contribution in [-0.2, 0) is 5.60 Å². The predicted octanol–water partition coefficient (Wildman–Crippen LogP) is 3.11. The molecule has 0 saturated carbocycles. The number of nitrogens with zero attached hydrogens (tertiary/aromatic N) is 1. The third-order valence-corrected chi connectivity index (χ3v) is 3.97. The van der Waals surface area contributed by atoms with E-state index in [9.17, 15) is 5.11 Å². The molecule has 2 heteroatoms. The second-order valence-electron chi connectivity index (χ2n) is 6.84. The minimum absolute atomic E-state index is 0.143. The van der Waals surface area contributed by atoms with Gasteiger partial charge in [-0.15, -0.1) is 0 Å². The Morgan fingerprint density at radius 2 is 1.61 bits per heavy atom. The maximum atomic E-state index is 10.6. The van der Waals surface area contributed by atoms with Gasteiger partial charge in [0.1, 0.15) is 5.60 Å². The highest BCUT2D eigenvalue weighted by Gasteiger charge is 2.46. The highest BCUT2D eigenvalue weighted by Crippen LogP contribution is 2.36. The van der Waals surface area contributed by atoms with Crippen molar-refractivity contribution in [1.82, 2.24) is 4.90 Å². The SMILES string of the molecule is CC(C)c1ccc(C2(O)CN(C(C)(C)C)C2)cc1. The number of hydrogen-bond donors (Lipinski definition) is 1. The molecule has 1 fully saturated rings. The van der Waals surface area contributed by atoms with Crippen LogP contribution >= 0.6 is 0 Å². The Morgan fingerprint density at radius 3 is 2.00 bits per heavy atom. The van der Waals surface area contributed by atoms with Crippen molar-refractivity contribution in [2.45, 2.75) is 51.7 Å². The smallest absolute Gasteiger partial charge is 0.115 e. The van der Waals surface area contributed by atoms with Crippen LogP contribution in [0.25, 0.3) is 0 Å². The number of β-amino-alcohol motifs (C(OH)–C–C–N with tert-alkyl or cyclic N) is 1. The first-order valence-corrected chi connectivity index (χ1v) is 6.80. The van der Waals surface area contributed by atoms with E-state index >= 15 is 0 Å². The zero-order valence-electron chi connectivity index (χ0n) is 12.2. The summed E-state index contributed by atoms with van der Waals surface area (Å²) in [4.78, 5) is 2.31. The zero-order valence-corrected chi connectivity index (χ0v) is 12.2. The van der Waals surface area contributed by atoms with Crippen LogP contribution in [0.3, 0.4) is 0 Å². The molecule has 0 spiro atoms. The summed E-state index contributed by atoms with van der Waals surface area (Å²) in [5.74, 6) is 0.543. The second kappa shape index (κ2) is 4.36. The van der Waals surface area contributed by atoms with Crippen molar-refractivity contribution in [1.29, 1.82) is 0 Å². The maximum Gasteiger partial charge on any atom is 0.115 e. The predicted molar refractivity (Wildman–Crippen MR) is 75.8 cm³/mol. The number of benzene rings is 1. The molecule has 1 aromatic rings. The number of hydrogen-bond acceptors (Lipinski definition) is 2. The third kappa shape index (κ3) is 2.45. The molecular weight excluding hydrogens is 222 g/mol. The van der Waals surface area contributed by atoms with E-state index in [1.807, 2.05) is 0 Å². The van der Waals surface area contributed by atoms with Crippen molar-refractivity contribution in [2.24, 2.45) is 0 Å². The lowest BCUT2D eigenvalue weighted by atomic mass is 9.82. The number of likely N-dealkylation sites (tertiary alicyclic amines) is 1. The summed E-state index contributed by atoms with van der Waals surface area (Å²) in [7, 11) is 0. The largest absolute Gasteiger partial charge is 0.382 e. The summed E-state index contributed by atoms with van der Waals surface area (Å²) in [5, 5.41) is 10.6. The van der Waals surface area contributed by atoms with Crippen molar-refractivity contribution < 1.29 is 5.11 Å². The lowest BCUT2D eigenvalue weighted by Crippen LogP contribution is -2.64. The summed E-state index contributed by atoms with van der Waals surface area (Å²) in [5.41, 5.74) is 1.87. The van der Waals surface area contributed by atoms with Crippen molar-refractivity contribution in [3.63, 3.8) is 0 Å². The van der Waals surface area contributed by atoms with E-state index < -0.39 is 5.60 Å². The average Bonchev–Trinajstić information content (AvgIpc) is 2.23. The third-order valence-electron chi connectivity index (χ3n) is 3.97. The molecular formula is C16H25NO. The normalized spacial score (nSPS) is 19.9. The first-order valence-electron chi connectivity index (χ1n) is 6.80. The minimum Gasteiger partial charge on any atom is -0.382 e. The second-order valence-corrected chi connectivity index (χ2v) is 6.84. The van der Waals surface area contributed by atoms with Crippen molar-refractivity contribution in [2.75, 3.05) is 13.1 Å². The van der Waals surface area contributed by atoms with Gasteiger partial charge >= 0.3 is 0 Å². The molecule has 1 N–H and O–H groups in total. The topological polar surface area (TPSA) is 23.5 Å². The fourth-order valence-electron chi connectivity index (χ4n) is 2.42. The summed E-state index contributed by atoms with van der Waals surface area (Å²) in [6.45, 7) is 12.4. The van der Waals surface area contributed by atoms with Crippen LogP contribution in [0, 0.1) is 0 Å². The molecule has 0 aromatic heterocycles. The standard InChI is InChI=1S/C16H25NO/c1-12(2)13-6-8-14(9-7-13)16(18)10-17(11-16)15(3,4)5/h6-9,12,18H,10-11H2,1-5H3. The molecule has 0 atom stereocenters. The van der Waals surface area contributed by atoms with Gasteiger partial charge in [0, 0.05) is 18.6 Å². The Hall–Kier alpha value is -0.860. The van der Waals surface area contributed by atoms with Gasteiger partial charge in [-0.05, 0) is 37.8 Å². The van der Waals surface area contributed by atoms with Crippen LogP contribution in [0.2, 0.25) is 0 Å². The van der Waals surface area contributed by atoms with E-state index in [1.54, 1.807) is 0 Å². The first kappa shape index (κ1) is 13.6. The van der Waals surface area contributed by atoms with E-state index in [0.717, 1.165) is 18.7 Å². The maximum absolute atomic E-state index is 10.6. The molecule has 2 nitrogen and oxygen atoms in total. The fraction of sp³-hybridized carbons (Fsp3) is 0.625. The monoisotopic (exact) mass is 247 g/mol. The summed E-state index contributed by atoms with van der Waals surface area (Å²) >= 11 is 0. The Kier molecular flexibility index (Phi) is 3.28. The Balaban J connectivity index is 2.10. The molecule has 1 saturated heterocycles. The van der Waals surface area contributed by atoms with E-state index in [4.69, 9.17) is 0 Å². The van der Waals surface area contributed by atoms with E-state index in [0.29, 0.717) is 5.92 Å². The lowest BCUT2D eigenvalue weighted by Gasteiger charge is -2.53. The van der Waals surface area contributed by atoms with Gasteiger partial charge in [0.25, 0.3) is 0 Å². The van der Waals surface area contributed by atoms with Gasteiger partial charge in [-0.3, -0.25) is 4.90 Å². The number of rotatable bonds is 2. The van der Waals surface area contributed by atoms with Crippen LogP contribution in [0.5, 0.6) is 0 Å². The van der Waals surface area contributed by atoms with Crippen LogP contribution in [0.1, 0.15) is 51.7 Å². The highest BCUT2D eigenvalue weighted by molar-refractivity contribution is 5.31. The van der Waals surface area contributed by atoms with Gasteiger partial charge < -0.3 is 5.11 Å². The van der Waals surface area contributed by atoms with E-state index in [2.05, 4.69) is 63.8 Å². The van der Waals surface area contributed by atoms with Crippen molar-refractivity contribution in [3.05, 3.63) is 35.4 Å². The summed E-state index contributed by atoms with van der Waals surface area (Å²) < 4.78 is 0. The Bertz CT molecular complexity index is 408. The van der Waals surface area contributed by atoms with E-state index in [1.165, 1.54) is 5.56 Å². The molecule has 1 aliphatic heterocycles. The first-order chi connectivity index (χ1) is 8.22. The van der Waals surface area contributed by atoms with Gasteiger partial charge in [0.15, 0.2) is 0 Å². The quantitative estimate of drug-likeness (QED) is 0.868. The van der Waals surface area contributed by atoms with Crippen LogP contribution < -0.4 is 0 Å².